The fourth-order valence-corrected chi connectivity index (χ4v) is 2.39. The molecule has 5 nitrogen and oxygen atoms in total. The van der Waals surface area contributed by atoms with E-state index < -0.39 is 0 Å². The van der Waals surface area contributed by atoms with Gasteiger partial charge in [-0.15, -0.1) is 0 Å². The van der Waals surface area contributed by atoms with Gasteiger partial charge in [0.2, 0.25) is 11.8 Å². The Morgan fingerprint density at radius 2 is 2.20 bits per heavy atom. The molecular formula is C15H21N3O2. The van der Waals surface area contributed by atoms with Crippen LogP contribution in [0.15, 0.2) is 24.3 Å². The molecule has 3 N–H and O–H groups in total. The second-order valence-corrected chi connectivity index (χ2v) is 5.19. The zero-order valence-electron chi connectivity index (χ0n) is 11.9. The van der Waals surface area contributed by atoms with Crippen LogP contribution in [0.3, 0.4) is 0 Å². The Labute approximate surface area is 119 Å². The highest BCUT2D eigenvalue weighted by molar-refractivity contribution is 5.88. The van der Waals surface area contributed by atoms with Crippen molar-refractivity contribution in [2.24, 2.45) is 0 Å². The molecule has 1 aromatic rings. The van der Waals surface area contributed by atoms with E-state index in [-0.39, 0.29) is 23.9 Å². The molecule has 2 atom stereocenters. The molecule has 0 saturated carbocycles. The van der Waals surface area contributed by atoms with Crippen molar-refractivity contribution < 1.29 is 9.59 Å². The van der Waals surface area contributed by atoms with Gasteiger partial charge in [-0.2, -0.15) is 0 Å². The molecule has 0 radical (unpaired) electrons. The molecule has 1 aliphatic rings. The van der Waals surface area contributed by atoms with Crippen LogP contribution in [0.1, 0.15) is 38.3 Å². The summed E-state index contributed by atoms with van der Waals surface area (Å²) < 4.78 is 0. The van der Waals surface area contributed by atoms with Crippen molar-refractivity contribution >= 4 is 17.5 Å². The van der Waals surface area contributed by atoms with Crippen molar-refractivity contribution in [3.63, 3.8) is 0 Å². The predicted molar refractivity (Wildman–Crippen MR) is 78.3 cm³/mol. The molecular weight excluding hydrogens is 254 g/mol. The third kappa shape index (κ3) is 3.81. The Bertz CT molecular complexity index is 496. The van der Waals surface area contributed by atoms with E-state index in [9.17, 15) is 9.59 Å². The minimum atomic E-state index is -0.103. The van der Waals surface area contributed by atoms with Gasteiger partial charge in [-0.25, -0.2) is 0 Å². The van der Waals surface area contributed by atoms with Gasteiger partial charge in [0.15, 0.2) is 0 Å². The van der Waals surface area contributed by atoms with E-state index in [1.807, 2.05) is 31.2 Å². The van der Waals surface area contributed by atoms with Crippen LogP contribution >= 0.6 is 0 Å². The number of nitrogens with one attached hydrogen (secondary N) is 3. The summed E-state index contributed by atoms with van der Waals surface area (Å²) in [5.74, 6) is -0.0612. The fraction of sp³-hybridized carbons (Fsp3) is 0.467. The highest BCUT2D eigenvalue weighted by Gasteiger charge is 2.23. The van der Waals surface area contributed by atoms with E-state index in [1.54, 1.807) is 0 Å². The maximum atomic E-state index is 12.0. The predicted octanol–water partition coefficient (Wildman–Crippen LogP) is 1.57. The van der Waals surface area contributed by atoms with Gasteiger partial charge in [0.25, 0.3) is 0 Å². The topological polar surface area (TPSA) is 70.2 Å². The van der Waals surface area contributed by atoms with Gasteiger partial charge in [0.05, 0.1) is 12.1 Å². The number of anilines is 1. The van der Waals surface area contributed by atoms with E-state index in [1.165, 1.54) is 6.92 Å². The highest BCUT2D eigenvalue weighted by atomic mass is 16.2. The summed E-state index contributed by atoms with van der Waals surface area (Å²) in [4.78, 5) is 23.1. The maximum absolute atomic E-state index is 12.0. The molecule has 2 amide bonds. The summed E-state index contributed by atoms with van der Waals surface area (Å²) in [5.41, 5.74) is 1.72. The highest BCUT2D eigenvalue weighted by Crippen LogP contribution is 2.18. The molecule has 0 aromatic heterocycles. The number of carbonyl (C=O) groups excluding carboxylic acids is 2. The lowest BCUT2D eigenvalue weighted by Crippen LogP contribution is -2.41. The first-order chi connectivity index (χ1) is 9.56. The summed E-state index contributed by atoms with van der Waals surface area (Å²) in [5, 5.41) is 8.93. The summed E-state index contributed by atoms with van der Waals surface area (Å²) in [7, 11) is 0. The Kier molecular flexibility index (Phi) is 4.74. The van der Waals surface area contributed by atoms with Gasteiger partial charge < -0.3 is 16.0 Å². The quantitative estimate of drug-likeness (QED) is 0.781. The SMILES string of the molecule is CC(=O)Nc1cccc(C(C)NC(=O)C2CCCN2)c1. The van der Waals surface area contributed by atoms with E-state index in [4.69, 9.17) is 0 Å². The molecule has 2 unspecified atom stereocenters. The number of carbonyl (C=O) groups is 2. The van der Waals surface area contributed by atoms with Crippen molar-refractivity contribution in [3.05, 3.63) is 29.8 Å². The number of benzene rings is 1. The molecule has 5 heteroatoms. The second-order valence-electron chi connectivity index (χ2n) is 5.19. The summed E-state index contributed by atoms with van der Waals surface area (Å²) in [6.45, 7) is 4.33. The number of hydrogen-bond acceptors (Lipinski definition) is 3. The lowest BCUT2D eigenvalue weighted by Gasteiger charge is -2.18. The van der Waals surface area contributed by atoms with Gasteiger partial charge in [-0.3, -0.25) is 9.59 Å². The van der Waals surface area contributed by atoms with Crippen LogP contribution in [0.5, 0.6) is 0 Å². The van der Waals surface area contributed by atoms with Crippen LogP contribution in [-0.4, -0.2) is 24.4 Å². The Balaban J connectivity index is 1.99. The molecule has 20 heavy (non-hydrogen) atoms. The average molecular weight is 275 g/mol. The van der Waals surface area contributed by atoms with Crippen LogP contribution in [0.4, 0.5) is 5.69 Å². The smallest absolute Gasteiger partial charge is 0.237 e. The molecule has 0 bridgehead atoms. The van der Waals surface area contributed by atoms with Crippen molar-refractivity contribution in [3.8, 4) is 0 Å². The van der Waals surface area contributed by atoms with Gasteiger partial charge in [-0.1, -0.05) is 12.1 Å². The Hall–Kier alpha value is -1.88. The van der Waals surface area contributed by atoms with E-state index >= 15 is 0 Å². The summed E-state index contributed by atoms with van der Waals surface area (Å²) in [6, 6.07) is 7.37. The van der Waals surface area contributed by atoms with Crippen molar-refractivity contribution in [2.75, 3.05) is 11.9 Å². The van der Waals surface area contributed by atoms with E-state index in [0.29, 0.717) is 0 Å². The zero-order valence-corrected chi connectivity index (χ0v) is 11.9. The van der Waals surface area contributed by atoms with Crippen LogP contribution in [-0.2, 0) is 9.59 Å². The molecule has 1 fully saturated rings. The van der Waals surface area contributed by atoms with Crippen LogP contribution in [0, 0.1) is 0 Å². The monoisotopic (exact) mass is 275 g/mol. The molecule has 0 aliphatic carbocycles. The van der Waals surface area contributed by atoms with E-state index in [2.05, 4.69) is 16.0 Å². The first kappa shape index (κ1) is 14.5. The molecule has 108 valence electrons. The maximum Gasteiger partial charge on any atom is 0.237 e. The van der Waals surface area contributed by atoms with Crippen molar-refractivity contribution in [2.45, 2.75) is 38.8 Å². The summed E-state index contributed by atoms with van der Waals surface area (Å²) >= 11 is 0. The minimum Gasteiger partial charge on any atom is -0.348 e. The standard InChI is InChI=1S/C15H21N3O2/c1-10(17-15(20)14-7-4-8-16-14)12-5-3-6-13(9-12)18-11(2)19/h3,5-6,9-10,14,16H,4,7-8H2,1-2H3,(H,17,20)(H,18,19). The largest absolute Gasteiger partial charge is 0.348 e. The van der Waals surface area contributed by atoms with Crippen LogP contribution in [0.25, 0.3) is 0 Å². The normalized spacial score (nSPS) is 19.4. The minimum absolute atomic E-state index is 0.0416. The lowest BCUT2D eigenvalue weighted by atomic mass is 10.1. The molecule has 0 spiro atoms. The molecule has 2 rings (SSSR count). The van der Waals surface area contributed by atoms with Crippen molar-refractivity contribution in [1.82, 2.24) is 10.6 Å². The number of hydrogen-bond donors (Lipinski definition) is 3. The molecule has 1 saturated heterocycles. The van der Waals surface area contributed by atoms with Crippen LogP contribution in [0.2, 0.25) is 0 Å². The van der Waals surface area contributed by atoms with Crippen LogP contribution < -0.4 is 16.0 Å². The average Bonchev–Trinajstić information content (AvgIpc) is 2.92. The van der Waals surface area contributed by atoms with E-state index in [0.717, 1.165) is 30.6 Å². The molecule has 1 heterocycles. The van der Waals surface area contributed by atoms with Gasteiger partial charge >= 0.3 is 0 Å². The number of rotatable bonds is 4. The van der Waals surface area contributed by atoms with Crippen molar-refractivity contribution in [1.29, 1.82) is 0 Å². The first-order valence-corrected chi connectivity index (χ1v) is 6.97. The first-order valence-electron chi connectivity index (χ1n) is 6.97. The van der Waals surface area contributed by atoms with Gasteiger partial charge in [0.1, 0.15) is 0 Å². The third-order valence-corrected chi connectivity index (χ3v) is 3.44. The summed E-state index contributed by atoms with van der Waals surface area (Å²) in [6.07, 6.45) is 1.94. The fourth-order valence-electron chi connectivity index (χ4n) is 2.39. The van der Waals surface area contributed by atoms with Gasteiger partial charge in [0, 0.05) is 12.6 Å². The second kappa shape index (κ2) is 6.52. The Morgan fingerprint density at radius 3 is 2.85 bits per heavy atom. The van der Waals surface area contributed by atoms with Gasteiger partial charge in [-0.05, 0) is 44.0 Å². The number of amides is 2. The Morgan fingerprint density at radius 1 is 1.40 bits per heavy atom. The molecule has 1 aromatic carbocycles. The third-order valence-electron chi connectivity index (χ3n) is 3.44. The zero-order chi connectivity index (χ0) is 14.5. The lowest BCUT2D eigenvalue weighted by molar-refractivity contribution is -0.123. The molecule has 1 aliphatic heterocycles.